The van der Waals surface area contributed by atoms with Crippen LogP contribution in [0.25, 0.3) is 16.6 Å². The van der Waals surface area contributed by atoms with Crippen molar-refractivity contribution in [2.45, 2.75) is 32.9 Å². The lowest BCUT2D eigenvalue weighted by atomic mass is 10.1. The van der Waals surface area contributed by atoms with Crippen LogP contribution in [0.3, 0.4) is 0 Å². The molecule has 5 aromatic heterocycles. The van der Waals surface area contributed by atoms with E-state index in [1.54, 1.807) is 60.8 Å². The van der Waals surface area contributed by atoms with Gasteiger partial charge in [-0.05, 0) is 38.0 Å². The lowest BCUT2D eigenvalue weighted by Gasteiger charge is -2.19. The number of nitrogens with zero attached hydrogens (tertiary/aromatic N) is 7. The van der Waals surface area contributed by atoms with Crippen LogP contribution in [0, 0.1) is 18.8 Å². The molecule has 6 aromatic rings. The first-order valence-electron chi connectivity index (χ1n) is 12.7. The number of aryl methyl sites for hydroxylation is 2. The van der Waals surface area contributed by atoms with E-state index in [0.29, 0.717) is 40.9 Å². The Bertz CT molecular complexity index is 2030. The van der Waals surface area contributed by atoms with Crippen LogP contribution in [0.5, 0.6) is 0 Å². The first-order valence-corrected chi connectivity index (χ1v) is 13.6. The smallest absolute Gasteiger partial charge is 0.262 e. The van der Waals surface area contributed by atoms with Crippen molar-refractivity contribution in [2.24, 2.45) is 0 Å². The van der Waals surface area contributed by atoms with Crippen molar-refractivity contribution < 1.29 is 4.79 Å². The molecule has 0 spiro atoms. The molecule has 41 heavy (non-hydrogen) atoms. The second-order valence-electron chi connectivity index (χ2n) is 9.27. The average Bonchev–Trinajstić information content (AvgIpc) is 3.70. The van der Waals surface area contributed by atoms with Gasteiger partial charge >= 0.3 is 0 Å². The molecular formula is C28H24N10O2S. The van der Waals surface area contributed by atoms with Crippen molar-refractivity contribution in [1.82, 2.24) is 44.4 Å². The van der Waals surface area contributed by atoms with Gasteiger partial charge in [0, 0.05) is 37.1 Å². The molecule has 1 aromatic carbocycles. The van der Waals surface area contributed by atoms with E-state index >= 15 is 0 Å². The minimum absolute atomic E-state index is 0.0511. The van der Waals surface area contributed by atoms with Crippen LogP contribution in [0.15, 0.2) is 60.2 Å². The second-order valence-corrected chi connectivity index (χ2v) is 10.5. The quantitative estimate of drug-likeness (QED) is 0.260. The number of nitrogens with two attached hydrogens (primary N) is 1. The van der Waals surface area contributed by atoms with E-state index in [9.17, 15) is 9.59 Å². The van der Waals surface area contributed by atoms with Gasteiger partial charge < -0.3 is 16.0 Å². The summed E-state index contributed by atoms with van der Waals surface area (Å²) in [6.07, 6.45) is 8.78. The highest BCUT2D eigenvalue weighted by Gasteiger charge is 2.24. The molecule has 1 atom stereocenters. The number of benzene rings is 1. The van der Waals surface area contributed by atoms with Crippen molar-refractivity contribution in [3.8, 4) is 11.8 Å². The summed E-state index contributed by atoms with van der Waals surface area (Å²) in [6, 6.07) is 6.41. The summed E-state index contributed by atoms with van der Waals surface area (Å²) >= 11 is 1.49. The maximum Gasteiger partial charge on any atom is 0.262 e. The number of nitrogen functional groups attached to an aromatic ring is 1. The fraction of sp³-hybridized carbons (Fsp3) is 0.179. The molecule has 0 aliphatic carbocycles. The standard InChI is InChI=1S/C28H24N10O2S/c1-16(34-27(39)23-24(29)36-38-11-4-10-31-26(23)38)25-35-21-6-3-5-18(7-8-20-14-32-17(2)41-20)22(21)28(40)37(25)12-9-19-13-30-15-33-19/h3-6,10-11,13-16H,9,12H2,1-2H3,(H2,29,36)(H,30,33)(H,34,39)/t16-/m0/s1. The van der Waals surface area contributed by atoms with E-state index in [4.69, 9.17) is 10.7 Å². The van der Waals surface area contributed by atoms with Crippen LogP contribution < -0.4 is 16.6 Å². The molecule has 0 unspecified atom stereocenters. The summed E-state index contributed by atoms with van der Waals surface area (Å²) in [5.74, 6) is 6.20. The van der Waals surface area contributed by atoms with E-state index in [1.807, 2.05) is 13.0 Å². The highest BCUT2D eigenvalue weighted by atomic mass is 32.1. The molecule has 1 amide bonds. The van der Waals surface area contributed by atoms with E-state index in [-0.39, 0.29) is 16.9 Å². The van der Waals surface area contributed by atoms with Crippen LogP contribution in [0.1, 0.15) is 50.3 Å². The monoisotopic (exact) mass is 564 g/mol. The lowest BCUT2D eigenvalue weighted by molar-refractivity contribution is 0.0939. The molecule has 0 bridgehead atoms. The molecular weight excluding hydrogens is 540 g/mol. The fourth-order valence-corrected chi connectivity index (χ4v) is 5.22. The van der Waals surface area contributed by atoms with E-state index in [1.165, 1.54) is 15.9 Å². The minimum Gasteiger partial charge on any atom is -0.381 e. The molecule has 0 aliphatic heterocycles. The highest BCUT2D eigenvalue weighted by Crippen LogP contribution is 2.21. The summed E-state index contributed by atoms with van der Waals surface area (Å²) in [5.41, 5.74) is 8.11. The van der Waals surface area contributed by atoms with Gasteiger partial charge in [0.1, 0.15) is 11.4 Å². The SMILES string of the molecule is Cc1ncc(C#Cc2cccc3nc([C@H](C)NC(=O)c4c(N)nn5cccnc45)n(CCc4c[nH]cn4)c(=O)c23)s1. The molecule has 0 aliphatic rings. The molecule has 0 saturated heterocycles. The van der Waals surface area contributed by atoms with Crippen molar-refractivity contribution in [3.05, 3.63) is 98.3 Å². The van der Waals surface area contributed by atoms with Gasteiger partial charge in [-0.3, -0.25) is 14.2 Å². The molecule has 12 nitrogen and oxygen atoms in total. The van der Waals surface area contributed by atoms with Gasteiger partial charge in [-0.2, -0.15) is 0 Å². The van der Waals surface area contributed by atoms with Crippen LogP contribution in [0.2, 0.25) is 0 Å². The minimum atomic E-state index is -0.660. The Kier molecular flexibility index (Phi) is 6.74. The van der Waals surface area contributed by atoms with Crippen molar-refractivity contribution >= 4 is 39.6 Å². The molecule has 0 saturated carbocycles. The maximum absolute atomic E-state index is 14.1. The summed E-state index contributed by atoms with van der Waals surface area (Å²) < 4.78 is 3.01. The number of carbonyl (C=O) groups is 1. The third-order valence-electron chi connectivity index (χ3n) is 6.49. The first kappa shape index (κ1) is 25.9. The van der Waals surface area contributed by atoms with Gasteiger partial charge in [-0.15, -0.1) is 16.4 Å². The number of aromatic nitrogens is 8. The number of fused-ring (bicyclic) bond motifs is 2. The number of hydrogen-bond donors (Lipinski definition) is 3. The molecule has 204 valence electrons. The Hall–Kier alpha value is -5.35. The maximum atomic E-state index is 14.1. The summed E-state index contributed by atoms with van der Waals surface area (Å²) in [7, 11) is 0. The van der Waals surface area contributed by atoms with Crippen molar-refractivity contribution in [2.75, 3.05) is 5.73 Å². The topological polar surface area (TPSA) is 162 Å². The molecule has 6 rings (SSSR count). The van der Waals surface area contributed by atoms with Gasteiger partial charge in [0.05, 0.1) is 45.0 Å². The van der Waals surface area contributed by atoms with Gasteiger partial charge in [0.2, 0.25) is 0 Å². The number of aromatic amines is 1. The zero-order chi connectivity index (χ0) is 28.5. The predicted octanol–water partition coefficient (Wildman–Crippen LogP) is 2.64. The van der Waals surface area contributed by atoms with E-state index in [2.05, 4.69) is 42.2 Å². The van der Waals surface area contributed by atoms with Crippen LogP contribution in [-0.2, 0) is 13.0 Å². The third-order valence-corrected chi connectivity index (χ3v) is 7.31. The lowest BCUT2D eigenvalue weighted by Crippen LogP contribution is -2.34. The number of rotatable bonds is 6. The zero-order valence-electron chi connectivity index (χ0n) is 22.1. The highest BCUT2D eigenvalue weighted by molar-refractivity contribution is 7.12. The molecule has 0 fully saturated rings. The van der Waals surface area contributed by atoms with Crippen LogP contribution >= 0.6 is 11.3 Å². The number of imidazole rings is 1. The fourth-order valence-electron chi connectivity index (χ4n) is 4.59. The number of thiazole rings is 1. The van der Waals surface area contributed by atoms with Gasteiger partial charge in [-0.1, -0.05) is 12.0 Å². The Morgan fingerprint density at radius 3 is 2.88 bits per heavy atom. The first-order chi connectivity index (χ1) is 19.9. The number of anilines is 1. The van der Waals surface area contributed by atoms with Crippen LogP contribution in [0.4, 0.5) is 5.82 Å². The normalized spacial score (nSPS) is 11.9. The van der Waals surface area contributed by atoms with Gasteiger partial charge in [0.15, 0.2) is 11.5 Å². The van der Waals surface area contributed by atoms with Gasteiger partial charge in [0.25, 0.3) is 11.5 Å². The third kappa shape index (κ3) is 5.04. The molecule has 5 heterocycles. The number of amides is 1. The Morgan fingerprint density at radius 2 is 2.10 bits per heavy atom. The Morgan fingerprint density at radius 1 is 1.22 bits per heavy atom. The summed E-state index contributed by atoms with van der Waals surface area (Å²) in [6.45, 7) is 3.97. The Balaban J connectivity index is 1.42. The van der Waals surface area contributed by atoms with Crippen LogP contribution in [-0.4, -0.2) is 45.0 Å². The van der Waals surface area contributed by atoms with Crippen molar-refractivity contribution in [3.63, 3.8) is 0 Å². The predicted molar refractivity (Wildman–Crippen MR) is 154 cm³/mol. The number of H-pyrrole nitrogens is 1. The largest absolute Gasteiger partial charge is 0.381 e. The molecule has 0 radical (unpaired) electrons. The zero-order valence-corrected chi connectivity index (χ0v) is 22.9. The summed E-state index contributed by atoms with van der Waals surface area (Å²) in [5, 5.41) is 8.42. The summed E-state index contributed by atoms with van der Waals surface area (Å²) in [4.78, 5) is 48.8. The van der Waals surface area contributed by atoms with E-state index < -0.39 is 11.9 Å². The number of hydrogen-bond acceptors (Lipinski definition) is 9. The molecule has 4 N–H and O–H groups in total. The van der Waals surface area contributed by atoms with E-state index in [0.717, 1.165) is 15.6 Å². The number of carbonyl (C=O) groups excluding carboxylic acids is 1. The van der Waals surface area contributed by atoms with Crippen molar-refractivity contribution in [1.29, 1.82) is 0 Å². The second kappa shape index (κ2) is 10.7. The Labute approximate surface area is 237 Å². The number of nitrogens with one attached hydrogen (secondary N) is 2. The average molecular weight is 565 g/mol. The molecule has 13 heteroatoms. The van der Waals surface area contributed by atoms with Gasteiger partial charge in [-0.25, -0.2) is 24.5 Å².